The number of hydrogen-bond acceptors (Lipinski definition) is 3. The van der Waals surface area contributed by atoms with E-state index >= 15 is 0 Å². The number of hydrogen-bond donors (Lipinski definition) is 1. The first-order chi connectivity index (χ1) is 8.80. The van der Waals surface area contributed by atoms with Gasteiger partial charge in [-0.15, -0.1) is 0 Å². The first-order valence-electron chi connectivity index (χ1n) is 6.63. The molecule has 1 aromatic rings. The highest BCUT2D eigenvalue weighted by Crippen LogP contribution is 2.36. The molecular weight excluding hydrogens is 226 g/mol. The van der Waals surface area contributed by atoms with E-state index < -0.39 is 0 Å². The summed E-state index contributed by atoms with van der Waals surface area (Å²) in [7, 11) is 5.26. The normalized spacial score (nSPS) is 17.8. The summed E-state index contributed by atoms with van der Waals surface area (Å²) in [5.74, 6) is 0.785. The second-order valence-corrected chi connectivity index (χ2v) is 4.90. The van der Waals surface area contributed by atoms with Gasteiger partial charge in [0.05, 0.1) is 6.04 Å². The average Bonchev–Trinajstić information content (AvgIpc) is 2.35. The van der Waals surface area contributed by atoms with E-state index in [2.05, 4.69) is 29.6 Å². The van der Waals surface area contributed by atoms with Crippen LogP contribution in [-0.4, -0.2) is 27.6 Å². The maximum Gasteiger partial charge on any atom is 0.176 e. The molecule has 1 fully saturated rings. The summed E-state index contributed by atoms with van der Waals surface area (Å²) in [5, 5.41) is 3.25. The number of ether oxygens (including phenoxy) is 2. The molecule has 0 spiro atoms. The molecule has 3 nitrogen and oxygen atoms in total. The van der Waals surface area contributed by atoms with Crippen molar-refractivity contribution in [3.63, 3.8) is 0 Å². The van der Waals surface area contributed by atoms with Gasteiger partial charge in [-0.2, -0.15) is 0 Å². The van der Waals surface area contributed by atoms with Gasteiger partial charge in [-0.3, -0.25) is 0 Å². The van der Waals surface area contributed by atoms with Gasteiger partial charge in [-0.25, -0.2) is 0 Å². The fourth-order valence-electron chi connectivity index (χ4n) is 2.55. The van der Waals surface area contributed by atoms with E-state index in [4.69, 9.17) is 9.47 Å². The van der Waals surface area contributed by atoms with Gasteiger partial charge >= 0.3 is 0 Å². The summed E-state index contributed by atoms with van der Waals surface area (Å²) < 4.78 is 10.7. The van der Waals surface area contributed by atoms with Crippen LogP contribution in [0.4, 0.5) is 0 Å². The van der Waals surface area contributed by atoms with E-state index in [0.29, 0.717) is 0 Å². The molecule has 1 unspecified atom stereocenters. The van der Waals surface area contributed by atoms with Crippen molar-refractivity contribution in [1.82, 2.24) is 5.32 Å². The zero-order chi connectivity index (χ0) is 13.0. The van der Waals surface area contributed by atoms with Crippen molar-refractivity contribution < 1.29 is 9.47 Å². The summed E-state index contributed by atoms with van der Waals surface area (Å²) in [6, 6.07) is 8.91. The second-order valence-electron chi connectivity index (χ2n) is 4.90. The van der Waals surface area contributed by atoms with E-state index in [9.17, 15) is 0 Å². The van der Waals surface area contributed by atoms with Crippen LogP contribution in [0.2, 0.25) is 0 Å². The topological polar surface area (TPSA) is 30.5 Å². The summed E-state index contributed by atoms with van der Waals surface area (Å²) in [5.41, 5.74) is 2.67. The molecule has 2 rings (SSSR count). The molecule has 0 aromatic heterocycles. The summed E-state index contributed by atoms with van der Waals surface area (Å²) >= 11 is 0. The largest absolute Gasteiger partial charge is 0.354 e. The molecule has 1 aliphatic rings. The summed E-state index contributed by atoms with van der Waals surface area (Å²) in [6.07, 6.45) is 3.80. The van der Waals surface area contributed by atoms with Crippen LogP contribution in [0, 0.1) is 0 Å². The van der Waals surface area contributed by atoms with Gasteiger partial charge in [-0.05, 0) is 36.9 Å². The van der Waals surface area contributed by atoms with E-state index in [1.807, 2.05) is 7.05 Å². The molecular formula is C15H23NO2. The van der Waals surface area contributed by atoms with Gasteiger partial charge in [0.25, 0.3) is 0 Å². The first-order valence-corrected chi connectivity index (χ1v) is 6.63. The van der Waals surface area contributed by atoms with Crippen molar-refractivity contribution in [3.05, 3.63) is 35.4 Å². The van der Waals surface area contributed by atoms with E-state index in [1.54, 1.807) is 14.2 Å². The Hall–Kier alpha value is -0.900. The lowest BCUT2D eigenvalue weighted by molar-refractivity contribution is -0.123. The Bertz CT molecular complexity index is 355. The van der Waals surface area contributed by atoms with Gasteiger partial charge in [-0.1, -0.05) is 30.7 Å². The number of rotatable bonds is 6. The van der Waals surface area contributed by atoms with Crippen LogP contribution in [0.15, 0.2) is 24.3 Å². The van der Waals surface area contributed by atoms with Gasteiger partial charge in [0, 0.05) is 14.2 Å². The van der Waals surface area contributed by atoms with Crippen LogP contribution >= 0.6 is 0 Å². The van der Waals surface area contributed by atoms with Crippen molar-refractivity contribution in [2.75, 3.05) is 21.3 Å². The highest BCUT2D eigenvalue weighted by Gasteiger charge is 2.23. The first kappa shape index (κ1) is 13.5. The van der Waals surface area contributed by atoms with Crippen LogP contribution in [0.5, 0.6) is 0 Å². The lowest BCUT2D eigenvalue weighted by Gasteiger charge is -2.27. The smallest absolute Gasteiger partial charge is 0.176 e. The minimum Gasteiger partial charge on any atom is -0.354 e. The van der Waals surface area contributed by atoms with Crippen LogP contribution in [0.3, 0.4) is 0 Å². The molecule has 0 heterocycles. The fourth-order valence-corrected chi connectivity index (χ4v) is 2.55. The van der Waals surface area contributed by atoms with Gasteiger partial charge in [0.15, 0.2) is 6.29 Å². The maximum atomic E-state index is 5.33. The van der Waals surface area contributed by atoms with Crippen LogP contribution in [0.1, 0.15) is 42.3 Å². The predicted octanol–water partition coefficient (Wildman–Crippen LogP) is 2.83. The molecule has 1 N–H and O–H groups in total. The molecule has 3 heteroatoms. The fraction of sp³-hybridized carbons (Fsp3) is 0.600. The van der Waals surface area contributed by atoms with Crippen molar-refractivity contribution in [1.29, 1.82) is 0 Å². The second kappa shape index (κ2) is 6.32. The summed E-state index contributed by atoms with van der Waals surface area (Å²) in [4.78, 5) is 0. The zero-order valence-electron chi connectivity index (χ0n) is 11.5. The van der Waals surface area contributed by atoms with Gasteiger partial charge in [0.2, 0.25) is 0 Å². The van der Waals surface area contributed by atoms with Crippen LogP contribution in [-0.2, 0) is 9.47 Å². The van der Waals surface area contributed by atoms with E-state index in [-0.39, 0.29) is 12.3 Å². The monoisotopic (exact) mass is 249 g/mol. The van der Waals surface area contributed by atoms with Crippen molar-refractivity contribution in [3.8, 4) is 0 Å². The molecule has 1 aromatic carbocycles. The Morgan fingerprint density at radius 3 is 2.11 bits per heavy atom. The lowest BCUT2D eigenvalue weighted by atomic mass is 9.80. The lowest BCUT2D eigenvalue weighted by Crippen LogP contribution is -2.32. The van der Waals surface area contributed by atoms with Crippen LogP contribution < -0.4 is 5.32 Å². The average molecular weight is 249 g/mol. The number of nitrogens with one attached hydrogen (secondary N) is 1. The molecule has 0 saturated heterocycles. The molecule has 1 aliphatic carbocycles. The van der Waals surface area contributed by atoms with E-state index in [1.165, 1.54) is 30.4 Å². The molecule has 100 valence electrons. The minimum absolute atomic E-state index is 0.0652. The Labute approximate surface area is 109 Å². The Balaban J connectivity index is 2.10. The Morgan fingerprint density at radius 2 is 1.72 bits per heavy atom. The molecule has 0 radical (unpaired) electrons. The standard InChI is InChI=1S/C15H23NO2/c1-16-14(15(17-2)18-3)13-9-7-12(8-10-13)11-5-4-6-11/h7-11,14-16H,4-6H2,1-3H3. The highest BCUT2D eigenvalue weighted by molar-refractivity contribution is 5.28. The number of likely N-dealkylation sites (N-methyl/N-ethyl adjacent to an activating group) is 1. The maximum absolute atomic E-state index is 5.33. The van der Waals surface area contributed by atoms with E-state index in [0.717, 1.165) is 5.92 Å². The minimum atomic E-state index is -0.260. The van der Waals surface area contributed by atoms with Crippen LogP contribution in [0.25, 0.3) is 0 Å². The van der Waals surface area contributed by atoms with Crippen molar-refractivity contribution in [2.45, 2.75) is 37.5 Å². The number of methoxy groups -OCH3 is 2. The van der Waals surface area contributed by atoms with Crippen molar-refractivity contribution in [2.24, 2.45) is 0 Å². The van der Waals surface area contributed by atoms with Crippen molar-refractivity contribution >= 4 is 0 Å². The molecule has 1 saturated carbocycles. The molecule has 0 amide bonds. The molecule has 1 atom stereocenters. The third-order valence-corrected chi connectivity index (χ3v) is 3.92. The molecule has 0 bridgehead atoms. The summed E-state index contributed by atoms with van der Waals surface area (Å²) in [6.45, 7) is 0. The third-order valence-electron chi connectivity index (χ3n) is 3.92. The molecule has 0 aliphatic heterocycles. The molecule has 18 heavy (non-hydrogen) atoms. The zero-order valence-corrected chi connectivity index (χ0v) is 11.5. The third kappa shape index (κ3) is 2.74. The Morgan fingerprint density at radius 1 is 1.11 bits per heavy atom. The van der Waals surface area contributed by atoms with Gasteiger partial charge < -0.3 is 14.8 Å². The quantitative estimate of drug-likeness (QED) is 0.786. The SMILES string of the molecule is CNC(c1ccc(C2CCC2)cc1)C(OC)OC. The predicted molar refractivity (Wildman–Crippen MR) is 72.6 cm³/mol. The Kier molecular flexibility index (Phi) is 4.75. The van der Waals surface area contributed by atoms with Gasteiger partial charge in [0.1, 0.15) is 0 Å². The highest BCUT2D eigenvalue weighted by atomic mass is 16.7. The number of benzene rings is 1.